The molecule has 0 bridgehead atoms. The van der Waals surface area contributed by atoms with Crippen LogP contribution in [0, 0.1) is 0 Å². The minimum Gasteiger partial charge on any atom is -1.00 e. The fraction of sp³-hybridized carbons (Fsp3) is 0.286. The van der Waals surface area contributed by atoms with Crippen molar-refractivity contribution in [3.63, 3.8) is 0 Å². The molecule has 1 atom stereocenters. The van der Waals surface area contributed by atoms with Gasteiger partial charge >= 0.3 is 63.3 Å². The average molecular weight is 303 g/mol. The van der Waals surface area contributed by atoms with Gasteiger partial charge in [-0.2, -0.15) is 0 Å². The second-order valence-corrected chi connectivity index (χ2v) is 4.00. The van der Waals surface area contributed by atoms with Crippen molar-refractivity contribution in [1.82, 2.24) is 0 Å². The Balaban J connectivity index is 0. The molecule has 0 saturated heterocycles. The zero-order chi connectivity index (χ0) is 14.4. The van der Waals surface area contributed by atoms with Gasteiger partial charge in [0, 0.05) is 0 Å². The molecule has 0 heterocycles. The van der Waals surface area contributed by atoms with Gasteiger partial charge in [-0.15, -0.1) is 0 Å². The third-order valence-electron chi connectivity index (χ3n) is 2.73. The van der Waals surface area contributed by atoms with E-state index in [1.807, 2.05) is 0 Å². The van der Waals surface area contributed by atoms with Gasteiger partial charge in [-0.1, -0.05) is 30.3 Å². The number of nitrogens with two attached hydrogens (primary N) is 1. The van der Waals surface area contributed by atoms with Crippen LogP contribution in [0.15, 0.2) is 41.6 Å². The van der Waals surface area contributed by atoms with Gasteiger partial charge in [-0.05, 0) is 25.0 Å². The Labute approximate surface area is 162 Å². The molecule has 6 heteroatoms. The van der Waals surface area contributed by atoms with Crippen molar-refractivity contribution < 1.29 is 72.2 Å². The molecule has 1 rings (SSSR count). The van der Waals surface area contributed by atoms with Crippen molar-refractivity contribution in [1.29, 1.82) is 0 Å². The quantitative estimate of drug-likeness (QED) is 0.404. The second-order valence-electron chi connectivity index (χ2n) is 4.00. The Hall–Kier alpha value is -0.664. The van der Waals surface area contributed by atoms with Crippen LogP contribution in [0.4, 0.5) is 0 Å². The number of hydrogen-bond donors (Lipinski definition) is 2. The Morgan fingerprint density at radius 1 is 1.35 bits per heavy atom. The zero-order valence-corrected chi connectivity index (χ0v) is 15.0. The molecule has 1 aromatic carbocycles. The maximum Gasteiger partial charge on any atom is 1.00 e. The molecule has 104 valence electrons. The first-order valence-corrected chi connectivity index (χ1v) is 5.90. The molecular formula is C14H18KNO4. The summed E-state index contributed by atoms with van der Waals surface area (Å²) in [6.07, 6.45) is 0. The average Bonchev–Trinajstić information content (AvgIpc) is 2.39. The van der Waals surface area contributed by atoms with Crippen LogP contribution in [0.5, 0.6) is 0 Å². The van der Waals surface area contributed by atoms with Crippen LogP contribution in [0.1, 0.15) is 26.8 Å². The van der Waals surface area contributed by atoms with Crippen LogP contribution < -0.4 is 57.1 Å². The molecule has 0 radical (unpaired) electrons. The number of carboxylic acids is 1. The summed E-state index contributed by atoms with van der Waals surface area (Å²) in [4.78, 5) is 22.9. The standard InChI is InChI=1S/C14H17NO4.K.H/c1-3-19-14(18)12(15)9(2)11(13(16)17)10-7-5-4-6-8-10;;/h4-8,11H,3,15H2,1-2H3,(H,16,17);;/q;+1;-1. The van der Waals surface area contributed by atoms with E-state index in [0.29, 0.717) is 5.56 Å². The van der Waals surface area contributed by atoms with Crippen molar-refractivity contribution in [2.75, 3.05) is 6.61 Å². The van der Waals surface area contributed by atoms with Crippen molar-refractivity contribution >= 4 is 11.9 Å². The van der Waals surface area contributed by atoms with Gasteiger partial charge in [0.1, 0.15) is 11.6 Å². The molecule has 0 aromatic heterocycles. The number of aliphatic carboxylic acids is 1. The minimum atomic E-state index is -1.06. The summed E-state index contributed by atoms with van der Waals surface area (Å²) in [6, 6.07) is 8.62. The molecule has 1 aromatic rings. The summed E-state index contributed by atoms with van der Waals surface area (Å²) >= 11 is 0. The van der Waals surface area contributed by atoms with Crippen molar-refractivity contribution in [2.45, 2.75) is 19.8 Å². The maximum absolute atomic E-state index is 11.5. The number of rotatable bonds is 5. The van der Waals surface area contributed by atoms with E-state index in [9.17, 15) is 14.7 Å². The Morgan fingerprint density at radius 3 is 2.35 bits per heavy atom. The predicted octanol–water partition coefficient (Wildman–Crippen LogP) is -1.23. The Bertz CT molecular complexity index is 505. The normalized spacial score (nSPS) is 12.7. The van der Waals surface area contributed by atoms with E-state index in [0.717, 1.165) is 0 Å². The maximum atomic E-state index is 11.5. The third kappa shape index (κ3) is 5.03. The van der Waals surface area contributed by atoms with Gasteiger partial charge in [-0.3, -0.25) is 4.79 Å². The summed E-state index contributed by atoms with van der Waals surface area (Å²) in [5.41, 5.74) is 6.35. The number of carbonyl (C=O) groups excluding carboxylic acids is 1. The van der Waals surface area contributed by atoms with Crippen LogP contribution in [0.25, 0.3) is 0 Å². The van der Waals surface area contributed by atoms with E-state index in [2.05, 4.69) is 0 Å². The summed E-state index contributed by atoms with van der Waals surface area (Å²) in [6.45, 7) is 3.38. The number of hydrogen-bond acceptors (Lipinski definition) is 4. The van der Waals surface area contributed by atoms with Gasteiger partial charge in [0.15, 0.2) is 0 Å². The van der Waals surface area contributed by atoms with Gasteiger partial charge in [-0.25, -0.2) is 4.79 Å². The fourth-order valence-electron chi connectivity index (χ4n) is 1.75. The third-order valence-corrected chi connectivity index (χ3v) is 2.73. The van der Waals surface area contributed by atoms with Gasteiger partial charge in [0.2, 0.25) is 0 Å². The molecule has 0 spiro atoms. The molecular weight excluding hydrogens is 285 g/mol. The summed E-state index contributed by atoms with van der Waals surface area (Å²) in [7, 11) is 0. The molecule has 0 fully saturated rings. The number of esters is 1. The number of carboxylic acid groups (broad SMARTS) is 1. The summed E-state index contributed by atoms with van der Waals surface area (Å²) in [5, 5.41) is 9.32. The van der Waals surface area contributed by atoms with E-state index in [1.54, 1.807) is 37.3 Å². The molecule has 20 heavy (non-hydrogen) atoms. The molecule has 1 unspecified atom stereocenters. The molecule has 0 aliphatic heterocycles. The SMILES string of the molecule is CCOC(=O)C(N)=C(C)C(C(=O)O)c1ccccc1.[H-].[K+]. The van der Waals surface area contributed by atoms with E-state index < -0.39 is 17.9 Å². The van der Waals surface area contributed by atoms with E-state index in [4.69, 9.17) is 10.5 Å². The van der Waals surface area contributed by atoms with Gasteiger partial charge in [0.05, 0.1) is 6.61 Å². The molecule has 3 N–H and O–H groups in total. The van der Waals surface area contributed by atoms with E-state index in [-0.39, 0.29) is 70.7 Å². The van der Waals surface area contributed by atoms with Crippen LogP contribution in [0.2, 0.25) is 0 Å². The van der Waals surface area contributed by atoms with Crippen LogP contribution >= 0.6 is 0 Å². The minimum absolute atomic E-state index is 0. The number of benzene rings is 1. The van der Waals surface area contributed by atoms with Crippen molar-refractivity contribution in [3.05, 3.63) is 47.2 Å². The van der Waals surface area contributed by atoms with Crippen molar-refractivity contribution in [2.24, 2.45) is 5.73 Å². The number of carbonyl (C=O) groups is 2. The van der Waals surface area contributed by atoms with E-state index in [1.165, 1.54) is 6.92 Å². The van der Waals surface area contributed by atoms with Crippen LogP contribution in [-0.2, 0) is 14.3 Å². The second kappa shape index (κ2) is 9.31. The van der Waals surface area contributed by atoms with Crippen molar-refractivity contribution in [3.8, 4) is 0 Å². The molecule has 5 nitrogen and oxygen atoms in total. The largest absolute Gasteiger partial charge is 1.00 e. The summed E-state index contributed by atoms with van der Waals surface area (Å²) < 4.78 is 4.78. The smallest absolute Gasteiger partial charge is 1.00 e. The number of ether oxygens (including phenoxy) is 1. The topological polar surface area (TPSA) is 89.6 Å². The first-order chi connectivity index (χ1) is 8.99. The first kappa shape index (κ1) is 19.3. The Kier molecular flexibility index (Phi) is 9.00. The zero-order valence-electron chi connectivity index (χ0n) is 12.9. The molecule has 0 aliphatic carbocycles. The molecule has 0 saturated carbocycles. The van der Waals surface area contributed by atoms with Crippen LogP contribution in [0.3, 0.4) is 0 Å². The van der Waals surface area contributed by atoms with E-state index >= 15 is 0 Å². The molecule has 0 aliphatic rings. The molecule has 0 amide bonds. The van der Waals surface area contributed by atoms with Gasteiger partial charge in [0.25, 0.3) is 0 Å². The predicted molar refractivity (Wildman–Crippen MR) is 71.5 cm³/mol. The Morgan fingerprint density at radius 2 is 1.90 bits per heavy atom. The summed E-state index contributed by atoms with van der Waals surface area (Å²) in [5.74, 6) is -2.70. The monoisotopic (exact) mass is 303 g/mol. The van der Waals surface area contributed by atoms with Gasteiger partial charge < -0.3 is 17.0 Å². The first-order valence-electron chi connectivity index (χ1n) is 5.90. The fourth-order valence-corrected chi connectivity index (χ4v) is 1.75. The van der Waals surface area contributed by atoms with Crippen LogP contribution in [-0.4, -0.2) is 23.7 Å².